The Kier molecular flexibility index (Phi) is 4.70. The molecule has 1 N–H and O–H groups in total. The molecule has 1 aromatic carbocycles. The predicted octanol–water partition coefficient (Wildman–Crippen LogP) is 3.43. The molecule has 2 rings (SSSR count). The number of carboxylic acid groups (broad SMARTS) is 1. The second-order valence-corrected chi connectivity index (χ2v) is 6.32. The molecule has 0 bridgehead atoms. The van der Waals surface area contributed by atoms with Crippen molar-refractivity contribution in [3.05, 3.63) is 33.3 Å². The molecule has 4 nitrogen and oxygen atoms in total. The molecule has 2 unspecified atom stereocenters. The highest BCUT2D eigenvalue weighted by Crippen LogP contribution is 2.28. The summed E-state index contributed by atoms with van der Waals surface area (Å²) >= 11 is 9.28. The standard InChI is InChI=1S/C14H15BrClNO3/c1-8-6-9(14(19)20)4-5-17(8)13(18)11-7-10(16)2-3-12(11)15/h2-3,7-9H,4-6H2,1H3,(H,19,20). The molecular formula is C14H15BrClNO3. The van der Waals surface area contributed by atoms with Crippen molar-refractivity contribution < 1.29 is 14.7 Å². The van der Waals surface area contributed by atoms with Gasteiger partial charge in [-0.05, 0) is 53.9 Å². The molecule has 0 saturated carbocycles. The van der Waals surface area contributed by atoms with Gasteiger partial charge in [-0.15, -0.1) is 0 Å². The van der Waals surface area contributed by atoms with Crippen LogP contribution in [-0.2, 0) is 4.79 Å². The number of carboxylic acids is 1. The molecule has 0 aliphatic carbocycles. The molecule has 1 heterocycles. The van der Waals surface area contributed by atoms with Crippen LogP contribution in [0, 0.1) is 5.92 Å². The zero-order chi connectivity index (χ0) is 14.9. The molecule has 108 valence electrons. The Hall–Kier alpha value is -1.07. The fourth-order valence-electron chi connectivity index (χ4n) is 2.51. The summed E-state index contributed by atoms with van der Waals surface area (Å²) in [7, 11) is 0. The molecule has 1 amide bonds. The molecule has 1 aliphatic heterocycles. The van der Waals surface area contributed by atoms with Crippen LogP contribution >= 0.6 is 27.5 Å². The molecule has 1 aliphatic rings. The van der Waals surface area contributed by atoms with Crippen LogP contribution in [0.2, 0.25) is 5.02 Å². The second kappa shape index (κ2) is 6.14. The number of nitrogens with zero attached hydrogens (tertiary/aromatic N) is 1. The van der Waals surface area contributed by atoms with Gasteiger partial charge in [0.15, 0.2) is 0 Å². The van der Waals surface area contributed by atoms with Gasteiger partial charge in [0.25, 0.3) is 5.91 Å². The Morgan fingerprint density at radius 3 is 2.75 bits per heavy atom. The van der Waals surface area contributed by atoms with Gasteiger partial charge in [-0.2, -0.15) is 0 Å². The van der Waals surface area contributed by atoms with Crippen molar-refractivity contribution in [2.24, 2.45) is 5.92 Å². The van der Waals surface area contributed by atoms with E-state index in [9.17, 15) is 9.59 Å². The molecule has 6 heteroatoms. The lowest BCUT2D eigenvalue weighted by molar-refractivity contribution is -0.143. The number of likely N-dealkylation sites (tertiary alicyclic amines) is 1. The Balaban J connectivity index is 2.18. The van der Waals surface area contributed by atoms with Crippen molar-refractivity contribution in [1.29, 1.82) is 0 Å². The average molecular weight is 361 g/mol. The summed E-state index contributed by atoms with van der Waals surface area (Å²) in [4.78, 5) is 25.3. The molecule has 1 fully saturated rings. The van der Waals surface area contributed by atoms with Gasteiger partial charge in [-0.1, -0.05) is 11.6 Å². The average Bonchev–Trinajstić information content (AvgIpc) is 2.40. The number of aliphatic carboxylic acids is 1. The molecule has 1 aromatic rings. The molecule has 0 radical (unpaired) electrons. The Bertz CT molecular complexity index is 549. The third-order valence-corrected chi connectivity index (χ3v) is 4.57. The normalized spacial score (nSPS) is 22.6. The van der Waals surface area contributed by atoms with Crippen molar-refractivity contribution in [2.75, 3.05) is 6.54 Å². The monoisotopic (exact) mass is 359 g/mol. The topological polar surface area (TPSA) is 57.6 Å². The summed E-state index contributed by atoms with van der Waals surface area (Å²) in [6, 6.07) is 4.99. The molecular weight excluding hydrogens is 346 g/mol. The number of piperidine rings is 1. The number of halogens is 2. The third kappa shape index (κ3) is 3.15. The van der Waals surface area contributed by atoms with E-state index in [1.54, 1.807) is 23.1 Å². The van der Waals surface area contributed by atoms with E-state index in [4.69, 9.17) is 16.7 Å². The minimum atomic E-state index is -0.784. The van der Waals surface area contributed by atoms with E-state index < -0.39 is 5.97 Å². The minimum Gasteiger partial charge on any atom is -0.481 e. The lowest BCUT2D eigenvalue weighted by Crippen LogP contribution is -2.46. The first-order valence-electron chi connectivity index (χ1n) is 6.39. The van der Waals surface area contributed by atoms with Crippen LogP contribution in [0.1, 0.15) is 30.1 Å². The second-order valence-electron chi connectivity index (χ2n) is 5.03. The summed E-state index contributed by atoms with van der Waals surface area (Å²) in [5.74, 6) is -1.26. The van der Waals surface area contributed by atoms with Gasteiger partial charge in [0.2, 0.25) is 0 Å². The zero-order valence-corrected chi connectivity index (χ0v) is 13.3. The largest absolute Gasteiger partial charge is 0.481 e. The summed E-state index contributed by atoms with van der Waals surface area (Å²) in [6.07, 6.45) is 0.975. The number of hydrogen-bond donors (Lipinski definition) is 1. The van der Waals surface area contributed by atoms with Crippen molar-refractivity contribution in [3.8, 4) is 0 Å². The Morgan fingerprint density at radius 1 is 1.45 bits per heavy atom. The van der Waals surface area contributed by atoms with E-state index >= 15 is 0 Å². The van der Waals surface area contributed by atoms with Gasteiger partial charge in [0, 0.05) is 22.1 Å². The lowest BCUT2D eigenvalue weighted by atomic mass is 9.91. The van der Waals surface area contributed by atoms with Crippen LogP contribution < -0.4 is 0 Å². The molecule has 20 heavy (non-hydrogen) atoms. The Labute approximate surface area is 130 Å². The fourth-order valence-corrected chi connectivity index (χ4v) is 3.10. The fraction of sp³-hybridized carbons (Fsp3) is 0.429. The first-order valence-corrected chi connectivity index (χ1v) is 7.56. The molecule has 0 aromatic heterocycles. The third-order valence-electron chi connectivity index (χ3n) is 3.65. The highest BCUT2D eigenvalue weighted by atomic mass is 79.9. The van der Waals surface area contributed by atoms with Crippen LogP contribution in [0.25, 0.3) is 0 Å². The quantitative estimate of drug-likeness (QED) is 0.879. The predicted molar refractivity (Wildman–Crippen MR) is 80.0 cm³/mol. The Morgan fingerprint density at radius 2 is 2.15 bits per heavy atom. The number of carbonyl (C=O) groups is 2. The summed E-state index contributed by atoms with van der Waals surface area (Å²) in [5, 5.41) is 9.55. The maximum atomic E-state index is 12.5. The van der Waals surface area contributed by atoms with Crippen LogP contribution in [0.15, 0.2) is 22.7 Å². The van der Waals surface area contributed by atoms with Gasteiger partial charge in [0.05, 0.1) is 11.5 Å². The van der Waals surface area contributed by atoms with E-state index in [2.05, 4.69) is 15.9 Å². The number of carbonyl (C=O) groups excluding carboxylic acids is 1. The minimum absolute atomic E-state index is 0.0942. The lowest BCUT2D eigenvalue weighted by Gasteiger charge is -2.36. The zero-order valence-electron chi connectivity index (χ0n) is 11.0. The number of rotatable bonds is 2. The van der Waals surface area contributed by atoms with E-state index in [1.807, 2.05) is 6.92 Å². The maximum Gasteiger partial charge on any atom is 0.306 e. The van der Waals surface area contributed by atoms with Gasteiger partial charge in [-0.25, -0.2) is 0 Å². The molecule has 1 saturated heterocycles. The number of hydrogen-bond acceptors (Lipinski definition) is 2. The van der Waals surface area contributed by atoms with Crippen molar-refractivity contribution in [2.45, 2.75) is 25.8 Å². The first kappa shape index (κ1) is 15.3. The van der Waals surface area contributed by atoms with E-state index in [-0.39, 0.29) is 17.9 Å². The van der Waals surface area contributed by atoms with E-state index in [1.165, 1.54) is 0 Å². The SMILES string of the molecule is CC1CC(C(=O)O)CCN1C(=O)c1cc(Cl)ccc1Br. The maximum absolute atomic E-state index is 12.5. The van der Waals surface area contributed by atoms with E-state index in [0.29, 0.717) is 34.4 Å². The molecule has 0 spiro atoms. The van der Waals surface area contributed by atoms with Crippen LogP contribution in [-0.4, -0.2) is 34.5 Å². The van der Waals surface area contributed by atoms with Crippen molar-refractivity contribution >= 4 is 39.4 Å². The van der Waals surface area contributed by atoms with Crippen LogP contribution in [0.5, 0.6) is 0 Å². The summed E-state index contributed by atoms with van der Waals surface area (Å²) in [5.41, 5.74) is 0.512. The number of amides is 1. The van der Waals surface area contributed by atoms with Gasteiger partial charge < -0.3 is 10.0 Å². The summed E-state index contributed by atoms with van der Waals surface area (Å²) < 4.78 is 0.694. The van der Waals surface area contributed by atoms with Crippen molar-refractivity contribution in [1.82, 2.24) is 4.90 Å². The first-order chi connectivity index (χ1) is 9.40. The van der Waals surface area contributed by atoms with E-state index in [0.717, 1.165) is 0 Å². The smallest absolute Gasteiger partial charge is 0.306 e. The van der Waals surface area contributed by atoms with Gasteiger partial charge in [0.1, 0.15) is 0 Å². The molecule has 2 atom stereocenters. The highest BCUT2D eigenvalue weighted by molar-refractivity contribution is 9.10. The highest BCUT2D eigenvalue weighted by Gasteiger charge is 2.33. The van der Waals surface area contributed by atoms with Gasteiger partial charge in [-0.3, -0.25) is 9.59 Å². The van der Waals surface area contributed by atoms with Crippen LogP contribution in [0.4, 0.5) is 0 Å². The summed E-state index contributed by atoms with van der Waals surface area (Å²) in [6.45, 7) is 2.33. The van der Waals surface area contributed by atoms with Gasteiger partial charge >= 0.3 is 5.97 Å². The van der Waals surface area contributed by atoms with Crippen LogP contribution in [0.3, 0.4) is 0 Å². The van der Waals surface area contributed by atoms with Crippen molar-refractivity contribution in [3.63, 3.8) is 0 Å². The number of benzene rings is 1.